The van der Waals surface area contributed by atoms with E-state index >= 15 is 0 Å². The Labute approximate surface area is 84.5 Å². The van der Waals surface area contributed by atoms with Gasteiger partial charge < -0.3 is 10.7 Å². The van der Waals surface area contributed by atoms with Gasteiger partial charge in [-0.3, -0.25) is 0 Å². The van der Waals surface area contributed by atoms with Gasteiger partial charge in [-0.1, -0.05) is 13.3 Å². The van der Waals surface area contributed by atoms with Crippen molar-refractivity contribution in [2.24, 2.45) is 0 Å². The summed E-state index contributed by atoms with van der Waals surface area (Å²) in [5, 5.41) is 0. The van der Waals surface area contributed by atoms with Gasteiger partial charge >= 0.3 is 0 Å². The highest BCUT2D eigenvalue weighted by molar-refractivity contribution is 8.93. The van der Waals surface area contributed by atoms with Crippen molar-refractivity contribution >= 4 is 17.0 Å². The molecule has 0 radical (unpaired) electrons. The summed E-state index contributed by atoms with van der Waals surface area (Å²) >= 11 is 0. The first-order valence-corrected chi connectivity index (χ1v) is 3.82. The van der Waals surface area contributed by atoms with Crippen LogP contribution >= 0.6 is 17.0 Å². The first-order valence-electron chi connectivity index (χ1n) is 3.82. The molecule has 1 rings (SSSR count). The van der Waals surface area contributed by atoms with E-state index in [4.69, 9.17) is 0 Å². The smallest absolute Gasteiger partial charge is 0.0948 e. The predicted octanol–water partition coefficient (Wildman–Crippen LogP) is 2.98. The molecule has 0 aliphatic rings. The van der Waals surface area contributed by atoms with Crippen LogP contribution in [0.5, 0.6) is 0 Å². The maximum Gasteiger partial charge on any atom is 0.0948 e. The molecule has 0 saturated carbocycles. The van der Waals surface area contributed by atoms with Crippen molar-refractivity contribution in [2.45, 2.75) is 32.7 Å². The fourth-order valence-electron chi connectivity index (χ4n) is 1.10. The van der Waals surface area contributed by atoms with Gasteiger partial charge in [-0.2, -0.15) is 0 Å². The van der Waals surface area contributed by atoms with Crippen LogP contribution in [0.1, 0.15) is 32.7 Å². The molecule has 0 bridgehead atoms. The molecule has 4 heteroatoms. The van der Waals surface area contributed by atoms with Crippen LogP contribution < -0.4 is 6.15 Å². The van der Waals surface area contributed by atoms with Crippen LogP contribution in [0, 0.1) is 0 Å². The molecular formula is C8H18BrN3. The minimum absolute atomic E-state index is 0. The summed E-state index contributed by atoms with van der Waals surface area (Å²) < 4.78 is 2.14. The summed E-state index contributed by atoms with van der Waals surface area (Å²) in [7, 11) is 0. The fraction of sp³-hybridized carbons (Fsp3) is 0.625. The summed E-state index contributed by atoms with van der Waals surface area (Å²) in [5.41, 5.74) is 0. The van der Waals surface area contributed by atoms with Crippen LogP contribution in [-0.4, -0.2) is 9.55 Å². The summed E-state index contributed by atoms with van der Waals surface area (Å²) in [6, 6.07) is 0.604. The lowest BCUT2D eigenvalue weighted by molar-refractivity contribution is 0.500. The summed E-state index contributed by atoms with van der Waals surface area (Å²) in [4.78, 5) is 3.99. The number of hydrogen-bond donors (Lipinski definition) is 1. The molecule has 1 unspecified atom stereocenters. The molecule has 0 saturated heterocycles. The topological polar surface area (TPSA) is 52.8 Å². The first-order chi connectivity index (χ1) is 4.84. The third kappa shape index (κ3) is 3.88. The number of imidazole rings is 1. The van der Waals surface area contributed by atoms with E-state index in [9.17, 15) is 0 Å². The normalized spacial score (nSPS) is 11.2. The monoisotopic (exact) mass is 235 g/mol. The van der Waals surface area contributed by atoms with Crippen LogP contribution in [0.4, 0.5) is 0 Å². The second kappa shape index (κ2) is 7.31. The third-order valence-corrected chi connectivity index (χ3v) is 1.74. The molecule has 1 aromatic rings. The molecule has 0 aliphatic carbocycles. The number of aromatic nitrogens is 2. The van der Waals surface area contributed by atoms with Crippen molar-refractivity contribution in [3.05, 3.63) is 18.7 Å². The Hall–Kier alpha value is -0.350. The van der Waals surface area contributed by atoms with Gasteiger partial charge in [0.05, 0.1) is 6.33 Å². The quantitative estimate of drug-likeness (QED) is 0.876. The molecule has 0 fully saturated rings. The number of hydrogen-bond acceptors (Lipinski definition) is 2. The third-order valence-electron chi connectivity index (χ3n) is 1.74. The van der Waals surface area contributed by atoms with Crippen molar-refractivity contribution in [1.82, 2.24) is 15.7 Å². The summed E-state index contributed by atoms with van der Waals surface area (Å²) in [5.74, 6) is 0. The standard InChI is InChI=1S/C8H14N2.BrH.H3N/c1-3-4-8(2)10-6-5-9-7-10;;/h5-8H,3-4H2,1-2H3;1H;1H3. The van der Waals surface area contributed by atoms with Gasteiger partial charge in [-0.15, -0.1) is 17.0 Å². The van der Waals surface area contributed by atoms with Crippen molar-refractivity contribution < 1.29 is 0 Å². The van der Waals surface area contributed by atoms with Gasteiger partial charge in [0.1, 0.15) is 0 Å². The van der Waals surface area contributed by atoms with E-state index in [0.29, 0.717) is 6.04 Å². The minimum Gasteiger partial charge on any atom is -0.344 e. The Morgan fingerprint density at radius 3 is 2.58 bits per heavy atom. The molecular weight excluding hydrogens is 218 g/mol. The lowest BCUT2D eigenvalue weighted by Gasteiger charge is -2.10. The first kappa shape index (κ1) is 14.2. The maximum absolute atomic E-state index is 3.99. The Morgan fingerprint density at radius 1 is 1.50 bits per heavy atom. The molecule has 0 aliphatic heterocycles. The van der Waals surface area contributed by atoms with Crippen LogP contribution in [-0.2, 0) is 0 Å². The Bertz CT molecular complexity index is 174. The van der Waals surface area contributed by atoms with E-state index < -0.39 is 0 Å². The van der Waals surface area contributed by atoms with Gasteiger partial charge in [0, 0.05) is 18.4 Å². The zero-order chi connectivity index (χ0) is 7.40. The molecule has 1 aromatic heterocycles. The van der Waals surface area contributed by atoms with E-state index in [1.807, 2.05) is 18.7 Å². The average molecular weight is 236 g/mol. The zero-order valence-corrected chi connectivity index (χ0v) is 9.45. The molecule has 1 atom stereocenters. The van der Waals surface area contributed by atoms with Crippen LogP contribution in [0.25, 0.3) is 0 Å². The maximum atomic E-state index is 3.99. The predicted molar refractivity (Wildman–Crippen MR) is 57.2 cm³/mol. The minimum atomic E-state index is 0. The second-order valence-electron chi connectivity index (χ2n) is 2.65. The largest absolute Gasteiger partial charge is 0.344 e. The van der Waals surface area contributed by atoms with Crippen LogP contribution in [0.3, 0.4) is 0 Å². The van der Waals surface area contributed by atoms with Crippen molar-refractivity contribution in [1.29, 1.82) is 0 Å². The van der Waals surface area contributed by atoms with Crippen molar-refractivity contribution in [3.63, 3.8) is 0 Å². The molecule has 72 valence electrons. The lowest BCUT2D eigenvalue weighted by atomic mass is 10.2. The zero-order valence-electron chi connectivity index (χ0n) is 7.73. The van der Waals surface area contributed by atoms with E-state index in [0.717, 1.165) is 0 Å². The van der Waals surface area contributed by atoms with Gasteiger partial charge in [0.15, 0.2) is 0 Å². The van der Waals surface area contributed by atoms with Crippen LogP contribution in [0.2, 0.25) is 0 Å². The molecule has 3 N–H and O–H groups in total. The summed E-state index contributed by atoms with van der Waals surface area (Å²) in [6.45, 7) is 4.42. The van der Waals surface area contributed by atoms with Crippen molar-refractivity contribution in [2.75, 3.05) is 0 Å². The van der Waals surface area contributed by atoms with E-state index in [-0.39, 0.29) is 23.1 Å². The Balaban J connectivity index is 0. The lowest BCUT2D eigenvalue weighted by Crippen LogP contribution is -2.00. The Kier molecular flexibility index (Phi) is 8.64. The Morgan fingerprint density at radius 2 is 2.17 bits per heavy atom. The van der Waals surface area contributed by atoms with Crippen molar-refractivity contribution in [3.8, 4) is 0 Å². The number of halogens is 1. The van der Waals surface area contributed by atoms with E-state index in [1.54, 1.807) is 0 Å². The SMILES string of the molecule is Br.CCCC(C)n1ccnc1.N. The van der Waals surface area contributed by atoms with Gasteiger partial charge in [-0.25, -0.2) is 4.98 Å². The molecule has 1 heterocycles. The average Bonchev–Trinajstić information content (AvgIpc) is 2.38. The highest BCUT2D eigenvalue weighted by Gasteiger charge is 1.99. The fourth-order valence-corrected chi connectivity index (χ4v) is 1.10. The molecule has 0 aromatic carbocycles. The molecule has 0 amide bonds. The van der Waals surface area contributed by atoms with E-state index in [2.05, 4.69) is 23.4 Å². The second-order valence-corrected chi connectivity index (χ2v) is 2.65. The van der Waals surface area contributed by atoms with Crippen LogP contribution in [0.15, 0.2) is 18.7 Å². The molecule has 12 heavy (non-hydrogen) atoms. The van der Waals surface area contributed by atoms with Gasteiger partial charge in [-0.05, 0) is 13.3 Å². The highest BCUT2D eigenvalue weighted by atomic mass is 79.9. The number of nitrogens with zero attached hydrogens (tertiary/aromatic N) is 2. The number of rotatable bonds is 3. The van der Waals surface area contributed by atoms with Gasteiger partial charge in [0.2, 0.25) is 0 Å². The van der Waals surface area contributed by atoms with E-state index in [1.165, 1.54) is 12.8 Å². The highest BCUT2D eigenvalue weighted by Crippen LogP contribution is 2.10. The van der Waals surface area contributed by atoms with Gasteiger partial charge in [0.25, 0.3) is 0 Å². The summed E-state index contributed by atoms with van der Waals surface area (Å²) in [6.07, 6.45) is 8.18. The molecule has 3 nitrogen and oxygen atoms in total. The molecule has 0 spiro atoms.